The molecule has 4 heterocycles. The zero-order chi connectivity index (χ0) is 26.1. The molecule has 0 amide bonds. The summed E-state index contributed by atoms with van der Waals surface area (Å²) in [6, 6.07) is 16.8. The second-order valence-corrected chi connectivity index (χ2v) is 11.4. The molecule has 2 aromatic heterocycles. The topological polar surface area (TPSA) is 52.4 Å². The normalized spacial score (nSPS) is 18.6. The number of pyridine rings is 1. The smallest absolute Gasteiger partial charge is 0.213 e. The minimum absolute atomic E-state index is 0.112. The fraction of sp³-hybridized carbons (Fsp3) is 0.379. The van der Waals surface area contributed by atoms with Crippen LogP contribution < -0.4 is 4.74 Å². The Morgan fingerprint density at radius 3 is 2.66 bits per heavy atom. The summed E-state index contributed by atoms with van der Waals surface area (Å²) < 4.78 is 29.0. The molecule has 0 spiro atoms. The lowest BCUT2D eigenvalue weighted by Gasteiger charge is -2.32. The van der Waals surface area contributed by atoms with Gasteiger partial charge in [0, 0.05) is 39.3 Å². The molecule has 2 aromatic carbocycles. The highest BCUT2D eigenvalue weighted by atomic mass is 79.9. The largest absolute Gasteiger partial charge is 0.473 e. The summed E-state index contributed by atoms with van der Waals surface area (Å²) in [4.78, 5) is 12.2. The number of rotatable bonds is 8. The second kappa shape index (κ2) is 11.3. The number of imidazole rings is 1. The summed E-state index contributed by atoms with van der Waals surface area (Å²) in [5, 5.41) is 0.371. The van der Waals surface area contributed by atoms with Crippen molar-refractivity contribution in [1.29, 1.82) is 0 Å². The first-order chi connectivity index (χ1) is 18.5. The molecule has 2 aliphatic heterocycles. The van der Waals surface area contributed by atoms with Gasteiger partial charge in [0.15, 0.2) is 0 Å². The summed E-state index contributed by atoms with van der Waals surface area (Å²) in [5.41, 5.74) is 3.66. The number of hydrogen-bond donors (Lipinski definition) is 0. The summed E-state index contributed by atoms with van der Waals surface area (Å²) in [6.07, 6.45) is 3.41. The van der Waals surface area contributed by atoms with Crippen LogP contribution in [0.4, 0.5) is 4.39 Å². The van der Waals surface area contributed by atoms with Crippen LogP contribution in [0.2, 0.25) is 5.02 Å². The van der Waals surface area contributed by atoms with Crippen LogP contribution in [0.1, 0.15) is 42.3 Å². The molecule has 198 valence electrons. The predicted octanol–water partition coefficient (Wildman–Crippen LogP) is 6.73. The molecule has 0 aliphatic carbocycles. The third-order valence-corrected chi connectivity index (χ3v) is 8.20. The van der Waals surface area contributed by atoms with E-state index in [4.69, 9.17) is 31.0 Å². The van der Waals surface area contributed by atoms with E-state index in [1.165, 1.54) is 6.07 Å². The van der Waals surface area contributed by atoms with Crippen molar-refractivity contribution in [3.05, 3.63) is 87.0 Å². The molecular weight excluding hydrogens is 571 g/mol. The molecule has 0 radical (unpaired) electrons. The molecule has 6 nitrogen and oxygen atoms in total. The third-order valence-electron chi connectivity index (χ3n) is 7.48. The molecule has 0 N–H and O–H groups in total. The number of aromatic nitrogens is 3. The number of benzene rings is 2. The van der Waals surface area contributed by atoms with Gasteiger partial charge in [-0.2, -0.15) is 0 Å². The molecular formula is C29H29BrClFN4O2. The minimum atomic E-state index is -0.373. The zero-order valence-corrected chi connectivity index (χ0v) is 23.3. The zero-order valence-electron chi connectivity index (χ0n) is 21.0. The first kappa shape index (κ1) is 25.7. The fourth-order valence-electron chi connectivity index (χ4n) is 5.23. The maximum Gasteiger partial charge on any atom is 0.213 e. The summed E-state index contributed by atoms with van der Waals surface area (Å²) in [6.45, 7) is 4.57. The Hall–Kier alpha value is -2.52. The molecule has 4 aromatic rings. The van der Waals surface area contributed by atoms with Gasteiger partial charge in [-0.25, -0.2) is 14.4 Å². The maximum absolute atomic E-state index is 14.1. The van der Waals surface area contributed by atoms with Gasteiger partial charge in [0.05, 0.1) is 30.2 Å². The van der Waals surface area contributed by atoms with E-state index in [1.807, 2.05) is 12.1 Å². The van der Waals surface area contributed by atoms with Crippen molar-refractivity contribution in [1.82, 2.24) is 19.4 Å². The number of ether oxygens (including phenoxy) is 2. The highest BCUT2D eigenvalue weighted by molar-refractivity contribution is 9.10. The molecule has 0 bridgehead atoms. The lowest BCUT2D eigenvalue weighted by molar-refractivity contribution is -0.0592. The van der Waals surface area contributed by atoms with Gasteiger partial charge in [-0.1, -0.05) is 39.7 Å². The Bertz CT molecular complexity index is 1440. The van der Waals surface area contributed by atoms with Gasteiger partial charge in [0.1, 0.15) is 18.2 Å². The van der Waals surface area contributed by atoms with Crippen molar-refractivity contribution < 1.29 is 13.9 Å². The van der Waals surface area contributed by atoms with Gasteiger partial charge in [0.2, 0.25) is 5.88 Å². The number of fused-ring (bicyclic) bond motifs is 1. The first-order valence-corrected chi connectivity index (χ1v) is 14.2. The SMILES string of the molecule is Fc1cc(Cl)ccc1COc1cccc(C2CCN(Cc3nc4cc(Br)ccc4n3CC3CCO3)CC2)n1. The van der Waals surface area contributed by atoms with Crippen molar-refractivity contribution >= 4 is 38.6 Å². The van der Waals surface area contributed by atoms with Gasteiger partial charge in [-0.15, -0.1) is 0 Å². The Kier molecular flexibility index (Phi) is 7.66. The molecule has 38 heavy (non-hydrogen) atoms. The van der Waals surface area contributed by atoms with Crippen LogP contribution in [0.3, 0.4) is 0 Å². The Morgan fingerprint density at radius 1 is 1.05 bits per heavy atom. The Morgan fingerprint density at radius 2 is 1.89 bits per heavy atom. The van der Waals surface area contributed by atoms with E-state index in [2.05, 4.69) is 49.7 Å². The van der Waals surface area contributed by atoms with E-state index >= 15 is 0 Å². The fourth-order valence-corrected chi connectivity index (χ4v) is 5.73. The van der Waals surface area contributed by atoms with Crippen molar-refractivity contribution in [2.24, 2.45) is 0 Å². The van der Waals surface area contributed by atoms with E-state index in [0.29, 0.717) is 22.4 Å². The van der Waals surface area contributed by atoms with E-state index in [1.54, 1.807) is 12.1 Å². The highest BCUT2D eigenvalue weighted by Crippen LogP contribution is 2.30. The highest BCUT2D eigenvalue weighted by Gasteiger charge is 2.26. The number of halogens is 3. The first-order valence-electron chi connectivity index (χ1n) is 13.0. The second-order valence-electron chi connectivity index (χ2n) is 10.0. The molecule has 0 saturated carbocycles. The van der Waals surface area contributed by atoms with Gasteiger partial charge in [-0.05, 0) is 68.8 Å². The average molecular weight is 600 g/mol. The van der Waals surface area contributed by atoms with Crippen molar-refractivity contribution in [2.45, 2.75) is 51.0 Å². The molecule has 9 heteroatoms. The van der Waals surface area contributed by atoms with Crippen LogP contribution in [0.25, 0.3) is 11.0 Å². The summed E-state index contributed by atoms with van der Waals surface area (Å²) >= 11 is 9.43. The van der Waals surface area contributed by atoms with Gasteiger partial charge >= 0.3 is 0 Å². The molecule has 1 atom stereocenters. The van der Waals surface area contributed by atoms with Gasteiger partial charge < -0.3 is 14.0 Å². The lowest BCUT2D eigenvalue weighted by atomic mass is 9.93. The molecule has 2 aliphatic rings. The van der Waals surface area contributed by atoms with Crippen LogP contribution in [-0.4, -0.2) is 45.2 Å². The standard InChI is InChI=1S/C29H29BrClFN4O2/c30-21-5-7-27-26(14-21)33-28(36(27)16-23-10-13-37-23)17-35-11-8-19(9-12-35)25-2-1-3-29(34-25)38-18-20-4-6-22(31)15-24(20)32/h1-7,14-15,19,23H,8-13,16-18H2. The van der Waals surface area contributed by atoms with Crippen LogP contribution in [0.15, 0.2) is 59.1 Å². The molecule has 2 saturated heterocycles. The summed E-state index contributed by atoms with van der Waals surface area (Å²) in [5.74, 6) is 1.59. The molecule has 1 unspecified atom stereocenters. The van der Waals surface area contributed by atoms with E-state index < -0.39 is 0 Å². The van der Waals surface area contributed by atoms with E-state index in [-0.39, 0.29) is 18.5 Å². The van der Waals surface area contributed by atoms with E-state index in [0.717, 1.165) is 79.1 Å². The van der Waals surface area contributed by atoms with Crippen LogP contribution in [0.5, 0.6) is 5.88 Å². The monoisotopic (exact) mass is 598 g/mol. The molecule has 2 fully saturated rings. The summed E-state index contributed by atoms with van der Waals surface area (Å²) in [7, 11) is 0. The van der Waals surface area contributed by atoms with Crippen LogP contribution in [-0.2, 0) is 24.4 Å². The van der Waals surface area contributed by atoms with Crippen LogP contribution in [0, 0.1) is 5.82 Å². The predicted molar refractivity (Wildman–Crippen MR) is 149 cm³/mol. The lowest BCUT2D eigenvalue weighted by Crippen LogP contribution is -2.35. The number of likely N-dealkylation sites (tertiary alicyclic amines) is 1. The minimum Gasteiger partial charge on any atom is -0.473 e. The Balaban J connectivity index is 1.09. The van der Waals surface area contributed by atoms with Gasteiger partial charge in [0.25, 0.3) is 0 Å². The van der Waals surface area contributed by atoms with E-state index in [9.17, 15) is 4.39 Å². The van der Waals surface area contributed by atoms with Crippen molar-refractivity contribution in [3.63, 3.8) is 0 Å². The van der Waals surface area contributed by atoms with Crippen molar-refractivity contribution in [3.8, 4) is 5.88 Å². The number of nitrogens with zero attached hydrogens (tertiary/aromatic N) is 4. The maximum atomic E-state index is 14.1. The van der Waals surface area contributed by atoms with Crippen molar-refractivity contribution in [2.75, 3.05) is 19.7 Å². The Labute approximate surface area is 234 Å². The van der Waals surface area contributed by atoms with Crippen LogP contribution >= 0.6 is 27.5 Å². The third kappa shape index (κ3) is 5.73. The number of hydrogen-bond acceptors (Lipinski definition) is 5. The average Bonchev–Trinajstić information content (AvgIpc) is 3.22. The quantitative estimate of drug-likeness (QED) is 0.225. The number of piperidine rings is 1. The molecule has 6 rings (SSSR count). The van der Waals surface area contributed by atoms with Gasteiger partial charge in [-0.3, -0.25) is 4.90 Å².